The van der Waals surface area contributed by atoms with Crippen molar-refractivity contribution in [3.05, 3.63) is 41.6 Å². The summed E-state index contributed by atoms with van der Waals surface area (Å²) >= 11 is 0. The Morgan fingerprint density at radius 3 is 2.71 bits per heavy atom. The minimum atomic E-state index is 1.00. The highest BCUT2D eigenvalue weighted by Gasteiger charge is 2.29. The van der Waals surface area contributed by atoms with Crippen molar-refractivity contribution in [2.45, 2.75) is 19.4 Å². The van der Waals surface area contributed by atoms with Crippen molar-refractivity contribution in [2.24, 2.45) is 0 Å². The maximum atomic E-state index is 3.51. The number of fused-ring (bicyclic) bond motifs is 1. The first-order valence-corrected chi connectivity index (χ1v) is 5.39. The van der Waals surface area contributed by atoms with Gasteiger partial charge in [-0.1, -0.05) is 24.3 Å². The first-order chi connectivity index (χ1) is 6.95. The van der Waals surface area contributed by atoms with Gasteiger partial charge in [-0.3, -0.25) is 10.2 Å². The average Bonchev–Trinajstić information content (AvgIpc) is 2.85. The zero-order valence-corrected chi connectivity index (χ0v) is 8.29. The van der Waals surface area contributed by atoms with Gasteiger partial charge in [0.05, 0.1) is 0 Å². The molecule has 1 saturated heterocycles. The highest BCUT2D eigenvalue weighted by molar-refractivity contribution is 5.41. The van der Waals surface area contributed by atoms with E-state index in [0.717, 1.165) is 6.54 Å². The molecule has 73 valence electrons. The van der Waals surface area contributed by atoms with Crippen LogP contribution in [0, 0.1) is 6.17 Å². The van der Waals surface area contributed by atoms with E-state index >= 15 is 0 Å². The molecule has 0 bridgehead atoms. The molecular formula is C12H15N2. The summed E-state index contributed by atoms with van der Waals surface area (Å²) in [5.74, 6) is 0. The van der Waals surface area contributed by atoms with E-state index in [9.17, 15) is 0 Å². The highest BCUT2D eigenvalue weighted by atomic mass is 15.3. The molecule has 0 atom stereocenters. The monoisotopic (exact) mass is 187 g/mol. The molecule has 2 nitrogen and oxygen atoms in total. The smallest absolute Gasteiger partial charge is 0.135 e. The third-order valence-electron chi connectivity index (χ3n) is 3.14. The van der Waals surface area contributed by atoms with Crippen LogP contribution in [0.3, 0.4) is 0 Å². The summed E-state index contributed by atoms with van der Waals surface area (Å²) in [7, 11) is 0. The van der Waals surface area contributed by atoms with Crippen LogP contribution in [-0.2, 0) is 6.54 Å². The summed E-state index contributed by atoms with van der Waals surface area (Å²) in [6.45, 7) is 3.44. The molecular weight excluding hydrogens is 172 g/mol. The van der Waals surface area contributed by atoms with E-state index in [2.05, 4.69) is 34.5 Å². The van der Waals surface area contributed by atoms with Crippen LogP contribution in [-0.4, -0.2) is 18.0 Å². The highest BCUT2D eigenvalue weighted by Crippen LogP contribution is 2.29. The maximum absolute atomic E-state index is 3.51. The van der Waals surface area contributed by atoms with Crippen LogP contribution >= 0.6 is 0 Å². The van der Waals surface area contributed by atoms with Gasteiger partial charge >= 0.3 is 0 Å². The number of nitrogens with zero attached hydrogens (tertiary/aromatic N) is 1. The van der Waals surface area contributed by atoms with Crippen LogP contribution in [0.4, 0.5) is 0 Å². The van der Waals surface area contributed by atoms with Crippen LogP contribution in [0.15, 0.2) is 24.3 Å². The van der Waals surface area contributed by atoms with E-state index in [-0.39, 0.29) is 0 Å². The summed E-state index contributed by atoms with van der Waals surface area (Å²) in [6.07, 6.45) is 4.04. The predicted molar refractivity (Wildman–Crippen MR) is 56.4 cm³/mol. The third kappa shape index (κ3) is 1.26. The van der Waals surface area contributed by atoms with Gasteiger partial charge < -0.3 is 0 Å². The van der Waals surface area contributed by atoms with Crippen LogP contribution in [0.1, 0.15) is 24.0 Å². The quantitative estimate of drug-likeness (QED) is 0.720. The molecule has 1 aromatic rings. The summed E-state index contributed by atoms with van der Waals surface area (Å²) in [5.41, 5.74) is 2.85. The Kier molecular flexibility index (Phi) is 2.03. The fourth-order valence-corrected chi connectivity index (χ4v) is 2.40. The first-order valence-electron chi connectivity index (χ1n) is 5.39. The Morgan fingerprint density at radius 1 is 1.07 bits per heavy atom. The summed E-state index contributed by atoms with van der Waals surface area (Å²) in [6, 6.07) is 8.68. The molecule has 0 spiro atoms. The number of rotatable bonds is 1. The molecule has 3 rings (SSSR count). The first kappa shape index (κ1) is 8.45. The Morgan fingerprint density at radius 2 is 1.86 bits per heavy atom. The van der Waals surface area contributed by atoms with E-state index in [1.165, 1.54) is 43.2 Å². The van der Waals surface area contributed by atoms with Gasteiger partial charge in [-0.2, -0.15) is 0 Å². The summed E-state index contributed by atoms with van der Waals surface area (Å²) in [4.78, 5) is 2.48. The minimum Gasteiger partial charge on any atom is -0.288 e. The van der Waals surface area contributed by atoms with Crippen molar-refractivity contribution in [3.63, 3.8) is 0 Å². The molecule has 14 heavy (non-hydrogen) atoms. The second-order valence-electron chi connectivity index (χ2n) is 4.05. The van der Waals surface area contributed by atoms with Crippen LogP contribution < -0.4 is 5.32 Å². The van der Waals surface area contributed by atoms with Crippen molar-refractivity contribution in [1.82, 2.24) is 10.2 Å². The van der Waals surface area contributed by atoms with Crippen LogP contribution in [0.5, 0.6) is 0 Å². The van der Waals surface area contributed by atoms with Crippen molar-refractivity contribution in [1.29, 1.82) is 0 Å². The lowest BCUT2D eigenvalue weighted by molar-refractivity contribution is 0.340. The molecule has 2 aliphatic rings. The molecule has 2 heterocycles. The molecule has 0 aliphatic carbocycles. The summed E-state index contributed by atoms with van der Waals surface area (Å²) in [5, 5.41) is 3.51. The molecule has 2 heteroatoms. The van der Waals surface area contributed by atoms with Crippen LogP contribution in [0.25, 0.3) is 0 Å². The van der Waals surface area contributed by atoms with E-state index < -0.39 is 0 Å². The zero-order valence-electron chi connectivity index (χ0n) is 8.29. The van der Waals surface area contributed by atoms with Gasteiger partial charge in [0.1, 0.15) is 6.17 Å². The largest absolute Gasteiger partial charge is 0.288 e. The SMILES string of the molecule is c1ccc2c(c1)CN[C]2N1CCCC1. The predicted octanol–water partition coefficient (Wildman–Crippen LogP) is 1.72. The lowest BCUT2D eigenvalue weighted by atomic mass is 10.1. The van der Waals surface area contributed by atoms with Gasteiger partial charge in [-0.05, 0) is 24.0 Å². The second kappa shape index (κ2) is 3.37. The Bertz CT molecular complexity index is 329. The normalized spacial score (nSPS) is 22.9. The number of nitrogens with one attached hydrogen (secondary N) is 1. The van der Waals surface area contributed by atoms with Crippen molar-refractivity contribution in [2.75, 3.05) is 13.1 Å². The molecule has 1 fully saturated rings. The Hall–Kier alpha value is -0.860. The fraction of sp³-hybridized carbons (Fsp3) is 0.417. The molecule has 0 aromatic heterocycles. The Balaban J connectivity index is 1.89. The molecule has 0 unspecified atom stereocenters. The van der Waals surface area contributed by atoms with Gasteiger partial charge in [0, 0.05) is 19.6 Å². The molecule has 1 aromatic carbocycles. The van der Waals surface area contributed by atoms with E-state index in [1.807, 2.05) is 0 Å². The van der Waals surface area contributed by atoms with Gasteiger partial charge in [-0.15, -0.1) is 0 Å². The van der Waals surface area contributed by atoms with Gasteiger partial charge in [0.25, 0.3) is 0 Å². The zero-order chi connectivity index (χ0) is 9.38. The average molecular weight is 187 g/mol. The van der Waals surface area contributed by atoms with E-state index in [1.54, 1.807) is 0 Å². The van der Waals surface area contributed by atoms with Crippen molar-refractivity contribution >= 4 is 0 Å². The van der Waals surface area contributed by atoms with Crippen molar-refractivity contribution in [3.8, 4) is 0 Å². The molecule has 1 radical (unpaired) electrons. The Labute approximate surface area is 84.9 Å². The van der Waals surface area contributed by atoms with E-state index in [0.29, 0.717) is 0 Å². The maximum Gasteiger partial charge on any atom is 0.135 e. The topological polar surface area (TPSA) is 15.3 Å². The number of hydrogen-bond acceptors (Lipinski definition) is 2. The lowest BCUT2D eigenvalue weighted by Crippen LogP contribution is -2.32. The molecule has 0 saturated carbocycles. The standard InChI is InChI=1S/C12H15N2/c1-2-6-11-10(5-1)9-13-12(11)14-7-3-4-8-14/h1-2,5-6,13H,3-4,7-9H2. The number of likely N-dealkylation sites (tertiary alicyclic amines) is 1. The summed E-state index contributed by atoms with van der Waals surface area (Å²) < 4.78 is 0. The van der Waals surface area contributed by atoms with Crippen LogP contribution in [0.2, 0.25) is 0 Å². The van der Waals surface area contributed by atoms with Crippen molar-refractivity contribution < 1.29 is 0 Å². The van der Waals surface area contributed by atoms with Gasteiger partial charge in [-0.25, -0.2) is 0 Å². The molecule has 2 aliphatic heterocycles. The molecule has 1 N–H and O–H groups in total. The second-order valence-corrected chi connectivity index (χ2v) is 4.05. The van der Waals surface area contributed by atoms with Gasteiger partial charge in [0.15, 0.2) is 0 Å². The van der Waals surface area contributed by atoms with E-state index in [4.69, 9.17) is 0 Å². The minimum absolute atomic E-state index is 1.00. The lowest BCUT2D eigenvalue weighted by Gasteiger charge is -2.22. The molecule has 0 amide bonds. The third-order valence-corrected chi connectivity index (χ3v) is 3.14. The van der Waals surface area contributed by atoms with Gasteiger partial charge in [0.2, 0.25) is 0 Å². The fourth-order valence-electron chi connectivity index (χ4n) is 2.40. The number of hydrogen-bond donors (Lipinski definition) is 1. The number of benzene rings is 1.